The molecule has 0 spiro atoms. The predicted octanol–water partition coefficient (Wildman–Crippen LogP) is 4.16. The molecule has 2 aromatic carbocycles. The number of nitrogens with zero attached hydrogens (tertiary/aromatic N) is 1. The van der Waals surface area contributed by atoms with Crippen LogP contribution >= 0.6 is 11.3 Å². The minimum atomic E-state index is -0.850. The first-order valence-electron chi connectivity index (χ1n) is 10.8. The zero-order chi connectivity index (χ0) is 23.8. The highest BCUT2D eigenvalue weighted by molar-refractivity contribution is 7.12. The van der Waals surface area contributed by atoms with E-state index in [-0.39, 0.29) is 30.8 Å². The van der Waals surface area contributed by atoms with E-state index in [2.05, 4.69) is 10.6 Å². The van der Waals surface area contributed by atoms with Gasteiger partial charge >= 0.3 is 0 Å². The molecule has 0 fully saturated rings. The van der Waals surface area contributed by atoms with Crippen molar-refractivity contribution < 1.29 is 14.4 Å². The number of rotatable bonds is 8. The van der Waals surface area contributed by atoms with Crippen molar-refractivity contribution in [3.8, 4) is 0 Å². The summed E-state index contributed by atoms with van der Waals surface area (Å²) in [6, 6.07) is 21.4. The smallest absolute Gasteiger partial charge is 0.261 e. The third kappa shape index (κ3) is 7.02. The van der Waals surface area contributed by atoms with E-state index in [1.165, 1.54) is 16.2 Å². The summed E-state index contributed by atoms with van der Waals surface area (Å²) >= 11 is 1.31. The van der Waals surface area contributed by atoms with Crippen LogP contribution < -0.4 is 10.6 Å². The molecule has 6 nitrogen and oxygen atoms in total. The normalized spacial score (nSPS) is 12.0. The third-order valence-corrected chi connectivity index (χ3v) is 5.70. The van der Waals surface area contributed by atoms with E-state index in [1.54, 1.807) is 17.5 Å². The zero-order valence-electron chi connectivity index (χ0n) is 19.1. The van der Waals surface area contributed by atoms with E-state index >= 15 is 0 Å². The minimum Gasteiger partial charge on any atom is -0.349 e. The second-order valence-electron chi connectivity index (χ2n) is 8.72. The average Bonchev–Trinajstić information content (AvgIpc) is 3.32. The van der Waals surface area contributed by atoms with Crippen LogP contribution in [0.3, 0.4) is 0 Å². The largest absolute Gasteiger partial charge is 0.349 e. The van der Waals surface area contributed by atoms with E-state index in [4.69, 9.17) is 0 Å². The Hall–Kier alpha value is -3.45. The highest BCUT2D eigenvalue weighted by Gasteiger charge is 2.33. The van der Waals surface area contributed by atoms with Crippen molar-refractivity contribution in [3.63, 3.8) is 0 Å². The first-order chi connectivity index (χ1) is 15.7. The van der Waals surface area contributed by atoms with Crippen LogP contribution in [-0.4, -0.2) is 34.7 Å². The summed E-state index contributed by atoms with van der Waals surface area (Å²) in [5.74, 6) is -0.933. The number of hydrogen-bond acceptors (Lipinski definition) is 4. The van der Waals surface area contributed by atoms with Crippen LogP contribution in [0.5, 0.6) is 0 Å². The first-order valence-corrected chi connectivity index (χ1v) is 11.6. The number of hydrogen-bond donors (Lipinski definition) is 2. The second-order valence-corrected chi connectivity index (χ2v) is 9.67. The summed E-state index contributed by atoms with van der Waals surface area (Å²) in [7, 11) is 0. The van der Waals surface area contributed by atoms with Crippen LogP contribution in [0.1, 0.15) is 47.6 Å². The third-order valence-electron chi connectivity index (χ3n) is 4.83. The fourth-order valence-corrected chi connectivity index (χ4v) is 4.04. The van der Waals surface area contributed by atoms with Crippen molar-refractivity contribution in [1.29, 1.82) is 0 Å². The van der Waals surface area contributed by atoms with Gasteiger partial charge in [-0.05, 0) is 43.3 Å². The Labute approximate surface area is 198 Å². The molecule has 0 bridgehead atoms. The van der Waals surface area contributed by atoms with Gasteiger partial charge in [-0.15, -0.1) is 11.3 Å². The molecule has 3 rings (SSSR count). The maximum Gasteiger partial charge on any atom is 0.261 e. The molecule has 7 heteroatoms. The molecule has 1 aromatic heterocycles. The number of carbonyl (C=O) groups is 3. The first kappa shape index (κ1) is 24.2. The second kappa shape index (κ2) is 10.9. The van der Waals surface area contributed by atoms with E-state index in [0.29, 0.717) is 10.4 Å². The Morgan fingerprint density at radius 1 is 0.909 bits per heavy atom. The number of nitrogens with one attached hydrogen (secondary N) is 2. The molecule has 0 aliphatic heterocycles. The Bertz CT molecular complexity index is 1060. The SMILES string of the molecule is CC(C)(C)NC(=O)[C@@H](c1ccccc1)N(Cc1ccccc1)C(=O)CNC(=O)c1cccs1. The van der Waals surface area contributed by atoms with E-state index in [1.807, 2.05) is 81.4 Å². The summed E-state index contributed by atoms with van der Waals surface area (Å²) < 4.78 is 0. The van der Waals surface area contributed by atoms with Crippen LogP contribution in [0.4, 0.5) is 0 Å². The number of carbonyl (C=O) groups excluding carboxylic acids is 3. The van der Waals surface area contributed by atoms with E-state index in [0.717, 1.165) is 5.56 Å². The van der Waals surface area contributed by atoms with Gasteiger partial charge in [-0.3, -0.25) is 14.4 Å². The van der Waals surface area contributed by atoms with Crippen LogP contribution in [0.2, 0.25) is 0 Å². The van der Waals surface area contributed by atoms with Gasteiger partial charge in [0, 0.05) is 12.1 Å². The van der Waals surface area contributed by atoms with Crippen molar-refractivity contribution in [2.45, 2.75) is 38.9 Å². The highest BCUT2D eigenvalue weighted by Crippen LogP contribution is 2.25. The summed E-state index contributed by atoms with van der Waals surface area (Å²) in [6.07, 6.45) is 0. The highest BCUT2D eigenvalue weighted by atomic mass is 32.1. The van der Waals surface area contributed by atoms with Gasteiger partial charge in [0.05, 0.1) is 11.4 Å². The maximum atomic E-state index is 13.4. The van der Waals surface area contributed by atoms with Gasteiger partial charge in [0.25, 0.3) is 5.91 Å². The van der Waals surface area contributed by atoms with Gasteiger partial charge in [-0.2, -0.15) is 0 Å². The lowest BCUT2D eigenvalue weighted by Crippen LogP contribution is -2.50. The van der Waals surface area contributed by atoms with Crippen molar-refractivity contribution in [2.75, 3.05) is 6.54 Å². The number of thiophene rings is 1. The lowest BCUT2D eigenvalue weighted by Gasteiger charge is -2.34. The fraction of sp³-hybridized carbons (Fsp3) is 0.269. The van der Waals surface area contributed by atoms with E-state index in [9.17, 15) is 14.4 Å². The van der Waals surface area contributed by atoms with Crippen LogP contribution in [-0.2, 0) is 16.1 Å². The van der Waals surface area contributed by atoms with Crippen molar-refractivity contribution >= 4 is 29.1 Å². The van der Waals surface area contributed by atoms with Gasteiger partial charge < -0.3 is 15.5 Å². The standard InChI is InChI=1S/C26H29N3O3S/c1-26(2,3)28-25(32)23(20-13-8-5-9-14-20)29(18-19-11-6-4-7-12-19)22(30)17-27-24(31)21-15-10-16-33-21/h4-16,23H,17-18H2,1-3H3,(H,27,31)(H,28,32)/t23-/m1/s1. The molecular weight excluding hydrogens is 434 g/mol. The Balaban J connectivity index is 1.92. The molecule has 2 N–H and O–H groups in total. The maximum absolute atomic E-state index is 13.4. The lowest BCUT2D eigenvalue weighted by molar-refractivity contribution is -0.141. The molecule has 0 saturated heterocycles. The van der Waals surface area contributed by atoms with Gasteiger partial charge in [0.1, 0.15) is 6.04 Å². The van der Waals surface area contributed by atoms with Gasteiger partial charge in [-0.1, -0.05) is 66.7 Å². The lowest BCUT2D eigenvalue weighted by atomic mass is 10.0. The Morgan fingerprint density at radius 3 is 2.12 bits per heavy atom. The van der Waals surface area contributed by atoms with Crippen molar-refractivity contribution in [2.24, 2.45) is 0 Å². The van der Waals surface area contributed by atoms with Gasteiger partial charge in [0.2, 0.25) is 11.8 Å². The summed E-state index contributed by atoms with van der Waals surface area (Å²) in [5.41, 5.74) is 1.12. The monoisotopic (exact) mass is 463 g/mol. The number of amides is 3. The predicted molar refractivity (Wildman–Crippen MR) is 131 cm³/mol. The molecule has 0 unspecified atom stereocenters. The van der Waals surface area contributed by atoms with Crippen LogP contribution in [0, 0.1) is 0 Å². The number of benzene rings is 2. The quantitative estimate of drug-likeness (QED) is 0.526. The topological polar surface area (TPSA) is 78.5 Å². The van der Waals surface area contributed by atoms with E-state index < -0.39 is 11.6 Å². The van der Waals surface area contributed by atoms with Crippen molar-refractivity contribution in [3.05, 3.63) is 94.2 Å². The molecule has 0 aliphatic rings. The molecule has 0 radical (unpaired) electrons. The van der Waals surface area contributed by atoms with Gasteiger partial charge in [0.15, 0.2) is 0 Å². The molecular formula is C26H29N3O3S. The average molecular weight is 464 g/mol. The Morgan fingerprint density at radius 2 is 1.55 bits per heavy atom. The summed E-state index contributed by atoms with van der Waals surface area (Å²) in [6.45, 7) is 5.72. The molecule has 3 amide bonds. The summed E-state index contributed by atoms with van der Waals surface area (Å²) in [4.78, 5) is 41.3. The van der Waals surface area contributed by atoms with Crippen LogP contribution in [0.25, 0.3) is 0 Å². The van der Waals surface area contributed by atoms with Crippen LogP contribution in [0.15, 0.2) is 78.2 Å². The molecule has 33 heavy (non-hydrogen) atoms. The summed E-state index contributed by atoms with van der Waals surface area (Å²) in [5, 5.41) is 7.51. The molecule has 1 atom stereocenters. The molecule has 1 heterocycles. The zero-order valence-corrected chi connectivity index (χ0v) is 19.9. The molecule has 0 saturated carbocycles. The molecule has 172 valence electrons. The van der Waals surface area contributed by atoms with Gasteiger partial charge in [-0.25, -0.2) is 0 Å². The molecule has 3 aromatic rings. The fourth-order valence-electron chi connectivity index (χ4n) is 3.40. The minimum absolute atomic E-state index is 0.213. The van der Waals surface area contributed by atoms with Crippen molar-refractivity contribution in [1.82, 2.24) is 15.5 Å². The molecule has 0 aliphatic carbocycles. The Kier molecular flexibility index (Phi) is 8.01.